The monoisotopic (exact) mass is 448 g/mol. The molecule has 2 N–H and O–H groups in total. The van der Waals surface area contributed by atoms with Gasteiger partial charge >= 0.3 is 5.97 Å². The number of esters is 1. The van der Waals surface area contributed by atoms with E-state index in [1.807, 2.05) is 52.0 Å². The van der Waals surface area contributed by atoms with Crippen LogP contribution in [0.3, 0.4) is 0 Å². The van der Waals surface area contributed by atoms with Crippen molar-refractivity contribution in [1.82, 2.24) is 15.1 Å². The molecule has 1 atom stereocenters. The van der Waals surface area contributed by atoms with Gasteiger partial charge in [-0.1, -0.05) is 18.2 Å². The first kappa shape index (κ1) is 23.7. The van der Waals surface area contributed by atoms with Gasteiger partial charge in [0.05, 0.1) is 23.5 Å². The molecule has 0 saturated carbocycles. The van der Waals surface area contributed by atoms with Gasteiger partial charge in [-0.25, -0.2) is 9.48 Å². The number of nitrogens with one attached hydrogen (secondary N) is 2. The number of aryl methyl sites for hydroxylation is 4. The average Bonchev–Trinajstić information content (AvgIpc) is 3.12. The predicted molar refractivity (Wildman–Crippen MR) is 125 cm³/mol. The zero-order valence-electron chi connectivity index (χ0n) is 19.4. The zero-order chi connectivity index (χ0) is 24.1. The molecule has 0 radical (unpaired) electrons. The Kier molecular flexibility index (Phi) is 7.27. The number of carbonyl (C=O) groups is 3. The molecule has 3 aromatic rings. The molecule has 3 rings (SSSR count). The summed E-state index contributed by atoms with van der Waals surface area (Å²) < 4.78 is 7.04. The first-order chi connectivity index (χ1) is 15.7. The summed E-state index contributed by atoms with van der Waals surface area (Å²) in [5, 5.41) is 9.70. The van der Waals surface area contributed by atoms with E-state index in [2.05, 4.69) is 15.7 Å². The van der Waals surface area contributed by atoms with E-state index in [0.29, 0.717) is 5.56 Å². The smallest absolute Gasteiger partial charge is 0.338 e. The molecule has 0 spiro atoms. The van der Waals surface area contributed by atoms with Crippen LogP contribution in [-0.2, 0) is 14.3 Å². The van der Waals surface area contributed by atoms with Crippen LogP contribution in [0.15, 0.2) is 48.5 Å². The summed E-state index contributed by atoms with van der Waals surface area (Å²) in [4.78, 5) is 36.9. The summed E-state index contributed by atoms with van der Waals surface area (Å²) >= 11 is 0. The normalized spacial score (nSPS) is 11.5. The second-order valence-electron chi connectivity index (χ2n) is 7.97. The number of benzene rings is 2. The number of ether oxygens (including phenoxy) is 1. The minimum Gasteiger partial charge on any atom is -0.449 e. The summed E-state index contributed by atoms with van der Waals surface area (Å²) in [6.07, 6.45) is -1.05. The molecule has 1 aromatic heterocycles. The summed E-state index contributed by atoms with van der Waals surface area (Å²) in [6, 6.07) is 14.4. The molecule has 8 heteroatoms. The molecule has 0 fully saturated rings. The summed E-state index contributed by atoms with van der Waals surface area (Å²) in [6.45, 7) is 8.88. The lowest BCUT2D eigenvalue weighted by Gasteiger charge is -2.15. The van der Waals surface area contributed by atoms with Gasteiger partial charge in [0.15, 0.2) is 6.10 Å². The first-order valence-corrected chi connectivity index (χ1v) is 10.6. The average molecular weight is 449 g/mol. The lowest BCUT2D eigenvalue weighted by Crippen LogP contribution is -2.40. The molecule has 33 heavy (non-hydrogen) atoms. The fourth-order valence-corrected chi connectivity index (χ4v) is 3.42. The lowest BCUT2D eigenvalue weighted by atomic mass is 10.1. The van der Waals surface area contributed by atoms with Gasteiger partial charge in [-0.05, 0) is 76.1 Å². The van der Waals surface area contributed by atoms with Crippen LogP contribution in [0.5, 0.6) is 0 Å². The number of nitrogens with zero attached hydrogens (tertiary/aromatic N) is 2. The first-order valence-electron chi connectivity index (χ1n) is 10.6. The Bertz CT molecular complexity index is 1160. The Morgan fingerprint density at radius 1 is 1.00 bits per heavy atom. The van der Waals surface area contributed by atoms with Crippen LogP contribution in [0.4, 0.5) is 5.69 Å². The van der Waals surface area contributed by atoms with Gasteiger partial charge < -0.3 is 15.4 Å². The van der Waals surface area contributed by atoms with Crippen molar-refractivity contribution < 1.29 is 19.1 Å². The highest BCUT2D eigenvalue weighted by atomic mass is 16.5. The van der Waals surface area contributed by atoms with E-state index in [1.165, 1.54) is 6.92 Å². The third kappa shape index (κ3) is 5.85. The number of aromatic nitrogens is 2. The standard InChI is InChI=1S/C25H28N4O4/c1-15-7-6-8-16(2)23(15)27-22(30)14-26-24(31)19(5)33-25(32)20-9-11-21(12-10-20)29-18(4)13-17(3)28-29/h6-13,19H,14H2,1-5H3,(H,26,31)(H,27,30). The van der Waals surface area contributed by atoms with Crippen molar-refractivity contribution in [2.45, 2.75) is 40.7 Å². The Morgan fingerprint density at radius 3 is 2.21 bits per heavy atom. The Labute approximate surface area is 193 Å². The number of anilines is 1. The number of hydrogen-bond donors (Lipinski definition) is 2. The van der Waals surface area contributed by atoms with E-state index in [-0.39, 0.29) is 12.5 Å². The van der Waals surface area contributed by atoms with E-state index in [1.54, 1.807) is 28.9 Å². The Morgan fingerprint density at radius 2 is 1.64 bits per heavy atom. The van der Waals surface area contributed by atoms with Crippen molar-refractivity contribution in [1.29, 1.82) is 0 Å². The highest BCUT2D eigenvalue weighted by Crippen LogP contribution is 2.19. The van der Waals surface area contributed by atoms with E-state index >= 15 is 0 Å². The Hall–Kier alpha value is -3.94. The highest BCUT2D eigenvalue weighted by Gasteiger charge is 2.20. The SMILES string of the molecule is Cc1cc(C)n(-c2ccc(C(=O)OC(C)C(=O)NCC(=O)Nc3c(C)cccc3C)cc2)n1. The number of carbonyl (C=O) groups excluding carboxylic acids is 3. The van der Waals surface area contributed by atoms with E-state index in [9.17, 15) is 14.4 Å². The van der Waals surface area contributed by atoms with Gasteiger partial charge in [0.1, 0.15) is 0 Å². The minimum absolute atomic E-state index is 0.230. The van der Waals surface area contributed by atoms with Crippen molar-refractivity contribution in [2.75, 3.05) is 11.9 Å². The molecular weight excluding hydrogens is 420 g/mol. The topological polar surface area (TPSA) is 102 Å². The zero-order valence-corrected chi connectivity index (χ0v) is 19.4. The van der Waals surface area contributed by atoms with Crippen molar-refractivity contribution in [3.8, 4) is 5.69 Å². The van der Waals surface area contributed by atoms with Crippen molar-refractivity contribution >= 4 is 23.5 Å². The number of para-hydroxylation sites is 1. The second-order valence-corrected chi connectivity index (χ2v) is 7.97. The van der Waals surface area contributed by atoms with Gasteiger partial charge in [-0.3, -0.25) is 9.59 Å². The third-order valence-electron chi connectivity index (χ3n) is 5.18. The van der Waals surface area contributed by atoms with E-state index < -0.39 is 18.0 Å². The van der Waals surface area contributed by atoms with Gasteiger partial charge in [0.2, 0.25) is 5.91 Å². The molecular formula is C25H28N4O4. The van der Waals surface area contributed by atoms with Crippen molar-refractivity contribution in [2.24, 2.45) is 0 Å². The molecule has 0 aliphatic carbocycles. The second kappa shape index (κ2) is 10.1. The van der Waals surface area contributed by atoms with E-state index in [0.717, 1.165) is 33.9 Å². The predicted octanol–water partition coefficient (Wildman–Crippen LogP) is 3.41. The molecule has 0 aliphatic rings. The van der Waals surface area contributed by atoms with Crippen LogP contribution in [0.2, 0.25) is 0 Å². The van der Waals surface area contributed by atoms with Gasteiger partial charge in [-0.2, -0.15) is 5.10 Å². The van der Waals surface area contributed by atoms with Gasteiger partial charge in [-0.15, -0.1) is 0 Å². The number of rotatable bonds is 7. The fourth-order valence-electron chi connectivity index (χ4n) is 3.42. The molecule has 2 amide bonds. The number of amides is 2. The van der Waals surface area contributed by atoms with Crippen LogP contribution in [0.1, 0.15) is 39.8 Å². The highest BCUT2D eigenvalue weighted by molar-refractivity contribution is 5.97. The molecule has 1 heterocycles. The van der Waals surface area contributed by atoms with Crippen molar-refractivity contribution in [3.63, 3.8) is 0 Å². The van der Waals surface area contributed by atoms with Crippen LogP contribution in [-0.4, -0.2) is 40.2 Å². The van der Waals surface area contributed by atoms with Crippen LogP contribution in [0, 0.1) is 27.7 Å². The maximum atomic E-state index is 12.4. The Balaban J connectivity index is 1.52. The van der Waals surface area contributed by atoms with Gasteiger partial charge in [0, 0.05) is 11.4 Å². The largest absolute Gasteiger partial charge is 0.449 e. The maximum Gasteiger partial charge on any atom is 0.338 e. The van der Waals surface area contributed by atoms with Crippen LogP contribution < -0.4 is 10.6 Å². The molecule has 1 unspecified atom stereocenters. The quantitative estimate of drug-likeness (QED) is 0.540. The molecule has 0 saturated heterocycles. The number of hydrogen-bond acceptors (Lipinski definition) is 5. The summed E-state index contributed by atoms with van der Waals surface area (Å²) in [5.41, 5.74) is 5.60. The molecule has 0 aliphatic heterocycles. The van der Waals surface area contributed by atoms with Crippen LogP contribution in [0.25, 0.3) is 5.69 Å². The summed E-state index contributed by atoms with van der Waals surface area (Å²) in [7, 11) is 0. The molecule has 8 nitrogen and oxygen atoms in total. The van der Waals surface area contributed by atoms with Gasteiger partial charge in [0.25, 0.3) is 5.91 Å². The maximum absolute atomic E-state index is 12.4. The third-order valence-corrected chi connectivity index (χ3v) is 5.18. The summed E-state index contributed by atoms with van der Waals surface area (Å²) in [5.74, 6) is -1.55. The molecule has 0 bridgehead atoms. The fraction of sp³-hybridized carbons (Fsp3) is 0.280. The minimum atomic E-state index is -1.05. The van der Waals surface area contributed by atoms with Crippen molar-refractivity contribution in [3.05, 3.63) is 76.6 Å². The molecule has 2 aromatic carbocycles. The van der Waals surface area contributed by atoms with Crippen LogP contribution >= 0.6 is 0 Å². The molecule has 172 valence electrons. The lowest BCUT2D eigenvalue weighted by molar-refractivity contribution is -0.130. The van der Waals surface area contributed by atoms with E-state index in [4.69, 9.17) is 4.74 Å².